The average Bonchev–Trinajstić information content (AvgIpc) is 3.26. The number of ether oxygens (including phenoxy) is 3. The first-order valence-electron chi connectivity index (χ1n) is 25.2. The number of aliphatic hydroxyl groups is 1. The van der Waals surface area contributed by atoms with Crippen LogP contribution >= 0.6 is 0 Å². The van der Waals surface area contributed by atoms with Crippen molar-refractivity contribution in [3.05, 3.63) is 35.9 Å². The van der Waals surface area contributed by atoms with Crippen molar-refractivity contribution in [2.75, 3.05) is 26.2 Å². The van der Waals surface area contributed by atoms with Crippen LogP contribution in [0.5, 0.6) is 0 Å². The summed E-state index contributed by atoms with van der Waals surface area (Å²) in [7, 11) is 0. The largest absolute Gasteiger partial charge is 0.444 e. The summed E-state index contributed by atoms with van der Waals surface area (Å²) in [6.45, 7) is 18.6. The minimum absolute atomic E-state index is 0.00510. The second-order valence-electron chi connectivity index (χ2n) is 21.7. The lowest BCUT2D eigenvalue weighted by Crippen LogP contribution is -2.61. The molecule has 10 amide bonds. The van der Waals surface area contributed by atoms with Crippen molar-refractivity contribution < 1.29 is 67.3 Å². The molecule has 2 rings (SSSR count). The summed E-state index contributed by atoms with van der Waals surface area (Å²) in [5.41, 5.74) is 4.23. The Morgan fingerprint density at radius 1 is 0.560 bits per heavy atom. The summed E-state index contributed by atoms with van der Waals surface area (Å²) in [6.07, 6.45) is -5.18. The molecule has 422 valence electrons. The highest BCUT2D eigenvalue weighted by Crippen LogP contribution is 2.13. The van der Waals surface area contributed by atoms with Crippen molar-refractivity contribution in [2.45, 2.75) is 187 Å². The predicted molar refractivity (Wildman–Crippen MR) is 275 cm³/mol. The fourth-order valence-corrected chi connectivity index (χ4v) is 7.09. The molecule has 0 aliphatic carbocycles. The van der Waals surface area contributed by atoms with E-state index in [1.165, 1.54) is 6.92 Å². The van der Waals surface area contributed by atoms with Crippen LogP contribution in [0, 0.1) is 5.92 Å². The molecule has 1 heterocycles. The number of carbonyl (C=O) groups is 10. The van der Waals surface area contributed by atoms with E-state index in [4.69, 9.17) is 19.9 Å². The Labute approximate surface area is 439 Å². The van der Waals surface area contributed by atoms with E-state index in [2.05, 4.69) is 53.2 Å². The zero-order valence-electron chi connectivity index (χ0n) is 45.5. The van der Waals surface area contributed by atoms with Crippen LogP contribution in [0.4, 0.5) is 14.4 Å². The molecule has 8 atom stereocenters. The maximum atomic E-state index is 14.5. The number of benzene rings is 1. The minimum Gasteiger partial charge on any atom is -0.444 e. The molecule has 25 heteroatoms. The van der Waals surface area contributed by atoms with E-state index in [9.17, 15) is 53.1 Å². The van der Waals surface area contributed by atoms with E-state index < -0.39 is 125 Å². The standard InChI is InChI=1S/C50H83N11O14/c1-28(2)26-35-42(67)58-33(20-24-54-46(71)74-49(7,8)9)39(64)57-34(21-25-55-47(72)75-50(10,11)12)41(66)61-37(29(3)62)44(69)52-22-18-31(51)38(63)56-32(19-23-53-45(70)73-48(4,5)6)40(65)60-36(43(68)59-35)27-30-16-14-13-15-17-30/h13-17,28-29,31-37,62H,18-27,51H2,1-12H3,(H,52,69)(H,53,70)(H,54,71)(H,55,72)(H,56,63)(H,57,64)(H,58,67)(H,59,68)(H,60,65)(H,61,66)/t29-,31+,32+,33?,34+,35?,36?,37+/m1/s1. The van der Waals surface area contributed by atoms with Crippen LogP contribution in [0.1, 0.15) is 121 Å². The zero-order valence-corrected chi connectivity index (χ0v) is 45.5. The highest BCUT2D eigenvalue weighted by atomic mass is 16.6. The van der Waals surface area contributed by atoms with Crippen LogP contribution in [-0.4, -0.2) is 156 Å². The molecule has 0 aromatic heterocycles. The molecule has 25 nitrogen and oxygen atoms in total. The van der Waals surface area contributed by atoms with Gasteiger partial charge in [-0.05, 0) is 113 Å². The van der Waals surface area contributed by atoms with E-state index in [1.54, 1.807) is 106 Å². The summed E-state index contributed by atoms with van der Waals surface area (Å²) in [4.78, 5) is 137. The first-order valence-corrected chi connectivity index (χ1v) is 25.2. The molecule has 1 aliphatic heterocycles. The van der Waals surface area contributed by atoms with E-state index in [-0.39, 0.29) is 70.6 Å². The van der Waals surface area contributed by atoms with Crippen LogP contribution < -0.4 is 58.9 Å². The Hall–Kier alpha value is -6.76. The quantitative estimate of drug-likeness (QED) is 0.110. The number of hydrogen-bond donors (Lipinski definition) is 12. The number of carbonyl (C=O) groups excluding carboxylic acids is 10. The molecule has 0 saturated carbocycles. The third-order valence-corrected chi connectivity index (χ3v) is 10.6. The van der Waals surface area contributed by atoms with Crippen LogP contribution in [0.25, 0.3) is 0 Å². The van der Waals surface area contributed by atoms with Gasteiger partial charge in [-0.25, -0.2) is 14.4 Å². The summed E-state index contributed by atoms with van der Waals surface area (Å²) < 4.78 is 15.9. The number of nitrogens with two attached hydrogens (primary N) is 1. The Kier molecular flexibility index (Phi) is 25.7. The van der Waals surface area contributed by atoms with Gasteiger partial charge in [-0.15, -0.1) is 0 Å². The first-order chi connectivity index (χ1) is 34.7. The van der Waals surface area contributed by atoms with Gasteiger partial charge in [0.2, 0.25) is 41.4 Å². The van der Waals surface area contributed by atoms with E-state index in [0.717, 1.165) is 0 Å². The SMILES string of the molecule is CC(C)CC1NC(=O)C(Cc2ccccc2)NC(=O)[C@H](CCNC(=O)OC(C)(C)C)NC(=O)[C@@H](N)CCNC(=O)[C@H]([C@@H](C)O)NC(=O)[C@H](CCNC(=O)OC(C)(C)C)NC(=O)C(CCNC(=O)OC(C)(C)C)NC1=O. The second-order valence-corrected chi connectivity index (χ2v) is 21.7. The normalized spacial score (nSPS) is 22.8. The van der Waals surface area contributed by atoms with Crippen molar-refractivity contribution >= 4 is 59.6 Å². The van der Waals surface area contributed by atoms with Gasteiger partial charge < -0.3 is 78.2 Å². The summed E-state index contributed by atoms with van der Waals surface area (Å²) in [6, 6.07) is -1.67. The lowest BCUT2D eigenvalue weighted by molar-refractivity contribution is -0.136. The number of aliphatic hydroxyl groups excluding tert-OH is 1. The van der Waals surface area contributed by atoms with E-state index >= 15 is 0 Å². The molecule has 1 aromatic rings. The predicted octanol–water partition coefficient (Wildman–Crippen LogP) is 0.156. The summed E-state index contributed by atoms with van der Waals surface area (Å²) >= 11 is 0. The number of nitrogens with one attached hydrogen (secondary N) is 10. The molecule has 13 N–H and O–H groups in total. The van der Waals surface area contributed by atoms with Gasteiger partial charge in [-0.1, -0.05) is 44.2 Å². The van der Waals surface area contributed by atoms with Gasteiger partial charge in [0, 0.05) is 32.6 Å². The third-order valence-electron chi connectivity index (χ3n) is 10.6. The summed E-state index contributed by atoms with van der Waals surface area (Å²) in [5.74, 6) is -6.55. The van der Waals surface area contributed by atoms with Gasteiger partial charge in [0.05, 0.1) is 12.1 Å². The lowest BCUT2D eigenvalue weighted by atomic mass is 10.00. The van der Waals surface area contributed by atoms with Crippen molar-refractivity contribution in [1.82, 2.24) is 53.2 Å². The minimum atomic E-state index is -1.65. The van der Waals surface area contributed by atoms with Crippen LogP contribution in [0.15, 0.2) is 30.3 Å². The van der Waals surface area contributed by atoms with Crippen molar-refractivity contribution in [1.29, 1.82) is 0 Å². The monoisotopic (exact) mass is 1060 g/mol. The number of alkyl carbamates (subject to hydrolysis) is 3. The van der Waals surface area contributed by atoms with E-state index in [1.807, 2.05) is 0 Å². The second kappa shape index (κ2) is 30.0. The fraction of sp³-hybridized carbons (Fsp3) is 0.680. The highest BCUT2D eigenvalue weighted by molar-refractivity contribution is 5.97. The molecule has 1 aromatic carbocycles. The molecule has 75 heavy (non-hydrogen) atoms. The Morgan fingerprint density at radius 3 is 1.32 bits per heavy atom. The molecule has 0 spiro atoms. The zero-order chi connectivity index (χ0) is 56.8. The molecule has 1 aliphatic rings. The Morgan fingerprint density at radius 2 is 0.920 bits per heavy atom. The molecule has 0 radical (unpaired) electrons. The van der Waals surface area contributed by atoms with Gasteiger partial charge in [-0.3, -0.25) is 33.6 Å². The summed E-state index contributed by atoms with van der Waals surface area (Å²) in [5, 5.41) is 36.4. The Bertz CT molecular complexity index is 2100. The van der Waals surface area contributed by atoms with Gasteiger partial charge in [0.1, 0.15) is 53.1 Å². The molecule has 1 fully saturated rings. The average molecular weight is 1060 g/mol. The third kappa shape index (κ3) is 26.3. The van der Waals surface area contributed by atoms with Gasteiger partial charge in [-0.2, -0.15) is 0 Å². The Balaban J connectivity index is 2.75. The molecular weight excluding hydrogens is 979 g/mol. The van der Waals surface area contributed by atoms with Gasteiger partial charge in [0.15, 0.2) is 0 Å². The van der Waals surface area contributed by atoms with E-state index in [0.29, 0.717) is 5.56 Å². The van der Waals surface area contributed by atoms with Crippen molar-refractivity contribution in [2.24, 2.45) is 11.7 Å². The number of amides is 10. The van der Waals surface area contributed by atoms with Crippen LogP contribution in [-0.2, 0) is 54.2 Å². The topological polar surface area (TPSA) is 365 Å². The lowest BCUT2D eigenvalue weighted by Gasteiger charge is -2.29. The van der Waals surface area contributed by atoms with Crippen molar-refractivity contribution in [3.63, 3.8) is 0 Å². The van der Waals surface area contributed by atoms with Gasteiger partial charge in [0.25, 0.3) is 0 Å². The number of hydrogen-bond acceptors (Lipinski definition) is 15. The maximum Gasteiger partial charge on any atom is 0.407 e. The molecular formula is C50H83N11O14. The van der Waals surface area contributed by atoms with Crippen LogP contribution in [0.2, 0.25) is 0 Å². The maximum absolute atomic E-state index is 14.5. The fourth-order valence-electron chi connectivity index (χ4n) is 7.09. The van der Waals surface area contributed by atoms with Crippen molar-refractivity contribution in [3.8, 4) is 0 Å². The smallest absolute Gasteiger partial charge is 0.407 e. The highest BCUT2D eigenvalue weighted by Gasteiger charge is 2.36. The molecule has 3 unspecified atom stereocenters. The number of rotatable bonds is 14. The molecule has 1 saturated heterocycles. The first kappa shape index (κ1) is 64.4. The van der Waals surface area contributed by atoms with Crippen LogP contribution in [0.3, 0.4) is 0 Å². The van der Waals surface area contributed by atoms with Gasteiger partial charge >= 0.3 is 18.3 Å². The molecule has 0 bridgehead atoms.